The zero-order valence-electron chi connectivity index (χ0n) is 15.3. The molecule has 1 aromatic rings. The van der Waals surface area contributed by atoms with Crippen molar-refractivity contribution in [3.63, 3.8) is 0 Å². The van der Waals surface area contributed by atoms with Crippen LogP contribution in [-0.2, 0) is 0 Å². The monoisotopic (exact) mass is 342 g/mol. The molecule has 1 aliphatic heterocycles. The number of anilines is 3. The normalized spacial score (nSPS) is 30.7. The molecule has 2 aliphatic carbocycles. The highest BCUT2D eigenvalue weighted by molar-refractivity contribution is 6.02. The van der Waals surface area contributed by atoms with Crippen LogP contribution in [0.25, 0.3) is 0 Å². The van der Waals surface area contributed by atoms with Crippen LogP contribution in [0.15, 0.2) is 12.1 Å². The van der Waals surface area contributed by atoms with E-state index in [1.165, 1.54) is 19.3 Å². The molecular formula is C20H30N4O. The van der Waals surface area contributed by atoms with Gasteiger partial charge >= 0.3 is 0 Å². The molecule has 136 valence electrons. The Kier molecular flexibility index (Phi) is 4.26. The Morgan fingerprint density at radius 1 is 1.16 bits per heavy atom. The van der Waals surface area contributed by atoms with Crippen molar-refractivity contribution in [2.45, 2.75) is 45.1 Å². The molecule has 4 rings (SSSR count). The predicted octanol–water partition coefficient (Wildman–Crippen LogP) is 3.08. The molecule has 3 aliphatic rings. The van der Waals surface area contributed by atoms with Crippen LogP contribution in [-0.4, -0.2) is 32.1 Å². The smallest absolute Gasteiger partial charge is 0.253 e. The first-order valence-electron chi connectivity index (χ1n) is 9.72. The van der Waals surface area contributed by atoms with Gasteiger partial charge in [-0.3, -0.25) is 4.79 Å². The third-order valence-corrected chi connectivity index (χ3v) is 6.35. The summed E-state index contributed by atoms with van der Waals surface area (Å²) in [5.74, 6) is 2.47. The number of nitrogens with two attached hydrogens (primary N) is 1. The fourth-order valence-electron chi connectivity index (χ4n) is 4.53. The molecule has 3 fully saturated rings. The minimum atomic E-state index is 0.0319. The Balaban J connectivity index is 1.56. The van der Waals surface area contributed by atoms with Crippen LogP contribution >= 0.6 is 0 Å². The topological polar surface area (TPSA) is 70.4 Å². The molecule has 1 saturated heterocycles. The minimum Gasteiger partial charge on any atom is -0.397 e. The number of nitrogen functional groups attached to an aromatic ring is 1. The quantitative estimate of drug-likeness (QED) is 0.736. The average Bonchev–Trinajstić information content (AvgIpc) is 3.22. The summed E-state index contributed by atoms with van der Waals surface area (Å²) < 4.78 is 0. The summed E-state index contributed by atoms with van der Waals surface area (Å²) in [6.45, 7) is 4.43. The first kappa shape index (κ1) is 16.6. The SMILES string of the molecule is CNc1cc(N2CC3CC3C2)c(C(=O)N[C@H]2CC[C@@H](C)CC2)cc1N. The predicted molar refractivity (Wildman–Crippen MR) is 103 cm³/mol. The molecule has 1 amide bonds. The summed E-state index contributed by atoms with van der Waals surface area (Å²) in [7, 11) is 1.87. The Bertz CT molecular complexity index is 656. The van der Waals surface area contributed by atoms with E-state index in [9.17, 15) is 4.79 Å². The van der Waals surface area contributed by atoms with Gasteiger partial charge in [-0.25, -0.2) is 0 Å². The lowest BCUT2D eigenvalue weighted by Crippen LogP contribution is -2.38. The number of nitrogens with zero attached hydrogens (tertiary/aromatic N) is 1. The maximum atomic E-state index is 13.0. The minimum absolute atomic E-state index is 0.0319. The zero-order chi connectivity index (χ0) is 17.6. The van der Waals surface area contributed by atoms with Crippen LogP contribution in [0.2, 0.25) is 0 Å². The summed E-state index contributed by atoms with van der Waals surface area (Å²) in [6.07, 6.45) is 5.93. The second kappa shape index (κ2) is 6.43. The van der Waals surface area contributed by atoms with Gasteiger partial charge in [-0.05, 0) is 62.0 Å². The van der Waals surface area contributed by atoms with Gasteiger partial charge in [-0.2, -0.15) is 0 Å². The van der Waals surface area contributed by atoms with Gasteiger partial charge in [0.2, 0.25) is 0 Å². The summed E-state index contributed by atoms with van der Waals surface area (Å²) in [4.78, 5) is 15.4. The third-order valence-electron chi connectivity index (χ3n) is 6.35. The van der Waals surface area contributed by atoms with Crippen LogP contribution in [0.1, 0.15) is 49.4 Å². The molecule has 25 heavy (non-hydrogen) atoms. The van der Waals surface area contributed by atoms with Gasteiger partial charge in [0, 0.05) is 26.2 Å². The molecule has 0 radical (unpaired) electrons. The Labute approximate surface area is 150 Å². The van der Waals surface area contributed by atoms with Crippen molar-refractivity contribution in [2.24, 2.45) is 17.8 Å². The average molecular weight is 342 g/mol. The number of rotatable bonds is 4. The lowest BCUT2D eigenvalue weighted by molar-refractivity contribution is 0.0923. The van der Waals surface area contributed by atoms with Gasteiger partial charge in [0.15, 0.2) is 0 Å². The van der Waals surface area contributed by atoms with Gasteiger partial charge < -0.3 is 21.3 Å². The molecule has 2 unspecified atom stereocenters. The summed E-state index contributed by atoms with van der Waals surface area (Å²) in [5.41, 5.74) is 9.47. The van der Waals surface area contributed by atoms with E-state index >= 15 is 0 Å². The number of benzene rings is 1. The molecule has 0 spiro atoms. The van der Waals surface area contributed by atoms with E-state index in [1.54, 1.807) is 0 Å². The molecule has 5 nitrogen and oxygen atoms in total. The van der Waals surface area contributed by atoms with Crippen molar-refractivity contribution in [1.29, 1.82) is 0 Å². The van der Waals surface area contributed by atoms with Crippen LogP contribution in [0.3, 0.4) is 0 Å². The molecule has 0 aromatic heterocycles. The number of hydrogen-bond donors (Lipinski definition) is 3. The number of nitrogens with one attached hydrogen (secondary N) is 2. The largest absolute Gasteiger partial charge is 0.397 e. The van der Waals surface area contributed by atoms with Gasteiger partial charge in [-0.15, -0.1) is 0 Å². The van der Waals surface area contributed by atoms with E-state index < -0.39 is 0 Å². The van der Waals surface area contributed by atoms with Crippen molar-refractivity contribution in [1.82, 2.24) is 5.32 Å². The molecule has 1 aromatic carbocycles. The van der Waals surface area contributed by atoms with Gasteiger partial charge in [-0.1, -0.05) is 6.92 Å². The van der Waals surface area contributed by atoms with E-state index in [4.69, 9.17) is 5.73 Å². The second-order valence-corrected chi connectivity index (χ2v) is 8.30. The Morgan fingerprint density at radius 3 is 2.48 bits per heavy atom. The summed E-state index contributed by atoms with van der Waals surface area (Å²) >= 11 is 0. The number of carbonyl (C=O) groups is 1. The van der Waals surface area contributed by atoms with Crippen molar-refractivity contribution < 1.29 is 4.79 Å². The van der Waals surface area contributed by atoms with Crippen molar-refractivity contribution in [3.05, 3.63) is 17.7 Å². The lowest BCUT2D eigenvalue weighted by Gasteiger charge is -2.29. The molecular weight excluding hydrogens is 312 g/mol. The maximum absolute atomic E-state index is 13.0. The van der Waals surface area contributed by atoms with Crippen molar-refractivity contribution in [2.75, 3.05) is 36.1 Å². The van der Waals surface area contributed by atoms with Crippen LogP contribution in [0, 0.1) is 17.8 Å². The fourth-order valence-corrected chi connectivity index (χ4v) is 4.53. The molecule has 0 bridgehead atoms. The third kappa shape index (κ3) is 3.29. The number of fused-ring (bicyclic) bond motifs is 1. The van der Waals surface area contributed by atoms with Gasteiger partial charge in [0.1, 0.15) is 0 Å². The highest BCUT2D eigenvalue weighted by Crippen LogP contribution is 2.47. The van der Waals surface area contributed by atoms with Crippen LogP contribution < -0.4 is 21.3 Å². The Hall–Kier alpha value is -1.91. The van der Waals surface area contributed by atoms with E-state index in [0.29, 0.717) is 11.7 Å². The number of hydrogen-bond acceptors (Lipinski definition) is 4. The number of amides is 1. The highest BCUT2D eigenvalue weighted by Gasteiger charge is 2.45. The lowest BCUT2D eigenvalue weighted by atomic mass is 9.87. The first-order chi connectivity index (χ1) is 12.0. The summed E-state index contributed by atoms with van der Waals surface area (Å²) in [6, 6.07) is 4.21. The molecule has 4 N–H and O–H groups in total. The van der Waals surface area contributed by atoms with Gasteiger partial charge in [0.25, 0.3) is 5.91 Å². The standard InChI is InChI=1S/C20H30N4O/c1-12-3-5-15(6-4-12)23-20(25)16-8-17(21)18(22-2)9-19(16)24-10-13-7-14(13)11-24/h8-9,12-15,22H,3-7,10-11,21H2,1-2H3,(H,23,25)/t12-,13?,14?,15+. The second-order valence-electron chi connectivity index (χ2n) is 8.30. The van der Waals surface area contributed by atoms with Gasteiger partial charge in [0.05, 0.1) is 22.6 Å². The van der Waals surface area contributed by atoms with E-state index in [1.807, 2.05) is 13.1 Å². The van der Waals surface area contributed by atoms with Crippen molar-refractivity contribution >= 4 is 23.0 Å². The highest BCUT2D eigenvalue weighted by atomic mass is 16.1. The molecule has 2 saturated carbocycles. The first-order valence-corrected chi connectivity index (χ1v) is 9.72. The van der Waals surface area contributed by atoms with E-state index in [-0.39, 0.29) is 5.91 Å². The number of piperidine rings is 1. The molecule has 5 heteroatoms. The Morgan fingerprint density at radius 2 is 1.84 bits per heavy atom. The molecule has 1 heterocycles. The maximum Gasteiger partial charge on any atom is 0.253 e. The van der Waals surface area contributed by atoms with E-state index in [2.05, 4.69) is 28.5 Å². The molecule has 2 atom stereocenters. The summed E-state index contributed by atoms with van der Waals surface area (Å²) in [5, 5.41) is 6.42. The van der Waals surface area contributed by atoms with Crippen molar-refractivity contribution in [3.8, 4) is 0 Å². The zero-order valence-corrected chi connectivity index (χ0v) is 15.3. The van der Waals surface area contributed by atoms with Crippen LogP contribution in [0.4, 0.5) is 17.1 Å². The van der Waals surface area contributed by atoms with Crippen LogP contribution in [0.5, 0.6) is 0 Å². The fraction of sp³-hybridized carbons (Fsp3) is 0.650. The number of carbonyl (C=O) groups excluding carboxylic acids is 1. The van der Waals surface area contributed by atoms with E-state index in [0.717, 1.165) is 60.6 Å².